The summed E-state index contributed by atoms with van der Waals surface area (Å²) in [4.78, 5) is 40.1. The number of amides is 1. The summed E-state index contributed by atoms with van der Waals surface area (Å²) in [5.41, 5.74) is 5.77. The SMILES string of the molecule is CC1=C(C(=O)Nc2ccc(C)cn2)[C@H](c2cnc3ccccc3n2)C2=C(CCCC2=O)N1. The van der Waals surface area contributed by atoms with Crippen LogP contribution in [0.4, 0.5) is 5.82 Å². The zero-order valence-corrected chi connectivity index (χ0v) is 18.0. The average Bonchev–Trinajstić information content (AvgIpc) is 2.79. The summed E-state index contributed by atoms with van der Waals surface area (Å²) in [6.07, 6.45) is 5.40. The Balaban J connectivity index is 1.62. The number of Topliss-reactive ketones (excluding diaryl/α,β-unsaturated/α-hetero) is 1. The average molecular weight is 425 g/mol. The number of allylic oxidation sites excluding steroid dienone is 3. The van der Waals surface area contributed by atoms with Gasteiger partial charge < -0.3 is 10.6 Å². The molecule has 0 fully saturated rings. The van der Waals surface area contributed by atoms with Gasteiger partial charge in [0, 0.05) is 35.2 Å². The van der Waals surface area contributed by atoms with Crippen LogP contribution in [0.2, 0.25) is 0 Å². The van der Waals surface area contributed by atoms with Crippen molar-refractivity contribution in [2.75, 3.05) is 5.32 Å². The van der Waals surface area contributed by atoms with E-state index in [-0.39, 0.29) is 11.7 Å². The van der Waals surface area contributed by atoms with Gasteiger partial charge in [0.05, 0.1) is 28.8 Å². The molecule has 7 heteroatoms. The molecule has 3 heterocycles. The first-order valence-electron chi connectivity index (χ1n) is 10.7. The number of hydrogen-bond donors (Lipinski definition) is 2. The van der Waals surface area contributed by atoms with Gasteiger partial charge in [-0.05, 0) is 50.5 Å². The standard InChI is InChI=1S/C25H23N5O2/c1-14-10-11-21(27-12-14)30-25(32)22-15(2)28-18-8-5-9-20(31)23(18)24(22)19-13-26-16-6-3-4-7-17(16)29-19/h3-4,6-7,10-13,24,28H,5,8-9H2,1-2H3,(H,27,30,32)/t24-/m0/s1. The number of pyridine rings is 1. The lowest BCUT2D eigenvalue weighted by Crippen LogP contribution is -2.36. The molecule has 1 amide bonds. The Bertz CT molecular complexity index is 1310. The van der Waals surface area contributed by atoms with Gasteiger partial charge in [-0.1, -0.05) is 18.2 Å². The number of nitrogens with zero attached hydrogens (tertiary/aromatic N) is 3. The summed E-state index contributed by atoms with van der Waals surface area (Å²) in [6, 6.07) is 11.2. The number of benzene rings is 1. The highest BCUT2D eigenvalue weighted by atomic mass is 16.2. The number of fused-ring (bicyclic) bond motifs is 1. The monoisotopic (exact) mass is 425 g/mol. The van der Waals surface area contributed by atoms with Gasteiger partial charge in [-0.3, -0.25) is 14.6 Å². The second kappa shape index (κ2) is 8.00. The van der Waals surface area contributed by atoms with E-state index >= 15 is 0 Å². The van der Waals surface area contributed by atoms with Crippen LogP contribution in [0.1, 0.15) is 43.4 Å². The highest BCUT2D eigenvalue weighted by Gasteiger charge is 2.39. The molecule has 1 aliphatic carbocycles. The van der Waals surface area contributed by atoms with Crippen LogP contribution in [0.5, 0.6) is 0 Å². The number of para-hydroxylation sites is 2. The normalized spacial score (nSPS) is 18.4. The molecule has 3 aromatic rings. The number of aryl methyl sites for hydroxylation is 1. The molecule has 2 N–H and O–H groups in total. The third kappa shape index (κ3) is 3.56. The minimum Gasteiger partial charge on any atom is -0.362 e. The predicted octanol–water partition coefficient (Wildman–Crippen LogP) is 3.94. The molecule has 0 saturated carbocycles. The molecule has 1 aliphatic heterocycles. The van der Waals surface area contributed by atoms with Gasteiger partial charge in [0.25, 0.3) is 5.91 Å². The Labute approximate surface area is 185 Å². The van der Waals surface area contributed by atoms with E-state index in [1.807, 2.05) is 44.2 Å². The van der Waals surface area contributed by atoms with Crippen molar-refractivity contribution in [3.63, 3.8) is 0 Å². The summed E-state index contributed by atoms with van der Waals surface area (Å²) >= 11 is 0. The fourth-order valence-corrected chi connectivity index (χ4v) is 4.42. The first-order valence-corrected chi connectivity index (χ1v) is 10.7. The van der Waals surface area contributed by atoms with E-state index in [0.29, 0.717) is 34.8 Å². The van der Waals surface area contributed by atoms with Crippen LogP contribution in [0.15, 0.2) is 71.3 Å². The number of aromatic nitrogens is 3. The Morgan fingerprint density at radius 1 is 1.03 bits per heavy atom. The van der Waals surface area contributed by atoms with Crippen molar-refractivity contribution in [2.45, 2.75) is 39.0 Å². The molecule has 0 radical (unpaired) electrons. The topological polar surface area (TPSA) is 96.9 Å². The van der Waals surface area contributed by atoms with E-state index < -0.39 is 5.92 Å². The van der Waals surface area contributed by atoms with Crippen LogP contribution in [0.25, 0.3) is 11.0 Å². The number of hydrogen-bond acceptors (Lipinski definition) is 6. The van der Waals surface area contributed by atoms with Crippen molar-refractivity contribution in [1.82, 2.24) is 20.3 Å². The first-order chi connectivity index (χ1) is 15.5. The highest BCUT2D eigenvalue weighted by molar-refractivity contribution is 6.09. The maximum Gasteiger partial charge on any atom is 0.255 e. The molecule has 0 spiro atoms. The van der Waals surface area contributed by atoms with Crippen LogP contribution in [-0.4, -0.2) is 26.6 Å². The highest BCUT2D eigenvalue weighted by Crippen LogP contribution is 2.41. The van der Waals surface area contributed by atoms with Gasteiger partial charge in [-0.15, -0.1) is 0 Å². The number of anilines is 1. The number of carbonyl (C=O) groups is 2. The van der Waals surface area contributed by atoms with Crippen molar-refractivity contribution in [3.05, 3.63) is 82.6 Å². The van der Waals surface area contributed by atoms with Crippen molar-refractivity contribution in [3.8, 4) is 0 Å². The van der Waals surface area contributed by atoms with Crippen LogP contribution in [0.3, 0.4) is 0 Å². The number of carbonyl (C=O) groups excluding carboxylic acids is 2. The van der Waals surface area contributed by atoms with Crippen molar-refractivity contribution in [2.24, 2.45) is 0 Å². The lowest BCUT2D eigenvalue weighted by molar-refractivity contribution is -0.116. The van der Waals surface area contributed by atoms with E-state index in [4.69, 9.17) is 4.98 Å². The van der Waals surface area contributed by atoms with Gasteiger partial charge in [0.2, 0.25) is 0 Å². The molecule has 160 valence electrons. The van der Waals surface area contributed by atoms with Gasteiger partial charge in [0.15, 0.2) is 5.78 Å². The van der Waals surface area contributed by atoms with Crippen molar-refractivity contribution >= 4 is 28.5 Å². The first kappa shape index (κ1) is 20.1. The van der Waals surface area contributed by atoms with Crippen LogP contribution >= 0.6 is 0 Å². The molecule has 0 saturated heterocycles. The van der Waals surface area contributed by atoms with Crippen LogP contribution in [0, 0.1) is 6.92 Å². The van der Waals surface area contributed by atoms with E-state index in [2.05, 4.69) is 20.6 Å². The Morgan fingerprint density at radius 2 is 1.84 bits per heavy atom. The molecular weight excluding hydrogens is 402 g/mol. The van der Waals surface area contributed by atoms with Crippen molar-refractivity contribution < 1.29 is 9.59 Å². The van der Waals surface area contributed by atoms with E-state index in [1.165, 1.54) is 0 Å². The minimum atomic E-state index is -0.582. The molecule has 1 aromatic carbocycles. The summed E-state index contributed by atoms with van der Waals surface area (Å²) in [5.74, 6) is -0.387. The maximum absolute atomic E-state index is 13.5. The molecule has 1 atom stereocenters. The molecule has 0 bridgehead atoms. The summed E-state index contributed by atoms with van der Waals surface area (Å²) < 4.78 is 0. The summed E-state index contributed by atoms with van der Waals surface area (Å²) in [6.45, 7) is 3.80. The Kier molecular flexibility index (Phi) is 5.01. The molecule has 2 aromatic heterocycles. The third-order valence-electron chi connectivity index (χ3n) is 5.94. The Hall–Kier alpha value is -3.87. The van der Waals surface area contributed by atoms with Gasteiger partial charge in [-0.25, -0.2) is 9.97 Å². The van der Waals surface area contributed by atoms with Gasteiger partial charge in [0.1, 0.15) is 5.82 Å². The zero-order valence-electron chi connectivity index (χ0n) is 18.0. The molecule has 32 heavy (non-hydrogen) atoms. The van der Waals surface area contributed by atoms with E-state index in [0.717, 1.165) is 35.1 Å². The molecule has 2 aliphatic rings. The molecule has 5 rings (SSSR count). The fraction of sp³-hybridized carbons (Fsp3) is 0.240. The zero-order chi connectivity index (χ0) is 22.2. The molecule has 7 nitrogen and oxygen atoms in total. The van der Waals surface area contributed by atoms with Gasteiger partial charge >= 0.3 is 0 Å². The predicted molar refractivity (Wildman–Crippen MR) is 122 cm³/mol. The molecular formula is C25H23N5O2. The third-order valence-corrected chi connectivity index (χ3v) is 5.94. The second-order valence-electron chi connectivity index (χ2n) is 8.22. The lowest BCUT2D eigenvalue weighted by Gasteiger charge is -2.33. The fourth-order valence-electron chi connectivity index (χ4n) is 4.42. The van der Waals surface area contributed by atoms with Crippen LogP contribution < -0.4 is 10.6 Å². The number of nitrogens with one attached hydrogen (secondary N) is 2. The minimum absolute atomic E-state index is 0.0463. The maximum atomic E-state index is 13.5. The second-order valence-corrected chi connectivity index (χ2v) is 8.22. The Morgan fingerprint density at radius 3 is 2.62 bits per heavy atom. The number of ketones is 1. The van der Waals surface area contributed by atoms with Crippen molar-refractivity contribution in [1.29, 1.82) is 0 Å². The number of dihydropyridines is 1. The number of rotatable bonds is 3. The largest absolute Gasteiger partial charge is 0.362 e. The summed E-state index contributed by atoms with van der Waals surface area (Å²) in [7, 11) is 0. The van der Waals surface area contributed by atoms with E-state index in [9.17, 15) is 9.59 Å². The van der Waals surface area contributed by atoms with Gasteiger partial charge in [-0.2, -0.15) is 0 Å². The molecule has 0 unspecified atom stereocenters. The van der Waals surface area contributed by atoms with Crippen LogP contribution in [-0.2, 0) is 9.59 Å². The quantitative estimate of drug-likeness (QED) is 0.660. The van der Waals surface area contributed by atoms with E-state index in [1.54, 1.807) is 18.5 Å². The smallest absolute Gasteiger partial charge is 0.255 e. The summed E-state index contributed by atoms with van der Waals surface area (Å²) in [5, 5.41) is 6.21. The lowest BCUT2D eigenvalue weighted by atomic mass is 9.77.